The van der Waals surface area contributed by atoms with Gasteiger partial charge in [0.2, 0.25) is 10.0 Å². The third-order valence-corrected chi connectivity index (χ3v) is 7.09. The number of anilines is 1. The Morgan fingerprint density at radius 2 is 1.65 bits per heavy atom. The maximum absolute atomic E-state index is 12.8. The van der Waals surface area contributed by atoms with Crippen LogP contribution in [0.5, 0.6) is 0 Å². The number of hydrogen-bond acceptors (Lipinski definition) is 3. The molecule has 0 radical (unpaired) electrons. The zero-order valence-electron chi connectivity index (χ0n) is 15.3. The Morgan fingerprint density at radius 1 is 1.08 bits per heavy atom. The molecule has 5 nitrogen and oxygen atoms in total. The molecule has 0 aromatic heterocycles. The van der Waals surface area contributed by atoms with Gasteiger partial charge in [0.05, 0.1) is 4.90 Å². The van der Waals surface area contributed by atoms with E-state index in [2.05, 4.69) is 27.9 Å². The number of halogens is 1. The Kier molecular flexibility index (Phi) is 6.81. The van der Waals surface area contributed by atoms with Gasteiger partial charge in [0.25, 0.3) is 5.91 Å². The molecule has 140 valence electrons. The van der Waals surface area contributed by atoms with Crippen LogP contribution in [0.25, 0.3) is 0 Å². The van der Waals surface area contributed by atoms with Gasteiger partial charge in [0.15, 0.2) is 0 Å². The topological polar surface area (TPSA) is 66.5 Å². The smallest absolute Gasteiger partial charge is 0.255 e. The van der Waals surface area contributed by atoms with Gasteiger partial charge in [0.1, 0.15) is 0 Å². The minimum atomic E-state index is -3.59. The van der Waals surface area contributed by atoms with Gasteiger partial charge in [-0.3, -0.25) is 4.79 Å². The molecule has 0 saturated heterocycles. The van der Waals surface area contributed by atoms with Gasteiger partial charge in [0, 0.05) is 27.9 Å². The lowest BCUT2D eigenvalue weighted by atomic mass is 10.1. The summed E-state index contributed by atoms with van der Waals surface area (Å²) in [6.07, 6.45) is 0. The molecule has 0 unspecified atom stereocenters. The van der Waals surface area contributed by atoms with Crippen LogP contribution in [0.15, 0.2) is 41.3 Å². The summed E-state index contributed by atoms with van der Waals surface area (Å²) in [6, 6.07) is 10.4. The van der Waals surface area contributed by atoms with Crippen molar-refractivity contribution in [3.8, 4) is 0 Å². The molecule has 2 rings (SSSR count). The van der Waals surface area contributed by atoms with Crippen LogP contribution in [0.1, 0.15) is 35.3 Å². The lowest BCUT2D eigenvalue weighted by Crippen LogP contribution is -2.30. The van der Waals surface area contributed by atoms with Crippen LogP contribution in [-0.2, 0) is 10.0 Å². The zero-order valence-corrected chi connectivity index (χ0v) is 18.3. The second-order valence-electron chi connectivity index (χ2n) is 5.96. The normalized spacial score (nSPS) is 11.6. The van der Waals surface area contributed by atoms with Gasteiger partial charge in [-0.1, -0.05) is 13.8 Å². The molecule has 1 N–H and O–H groups in total. The van der Waals surface area contributed by atoms with Crippen molar-refractivity contribution in [3.05, 3.63) is 56.7 Å². The molecule has 0 spiro atoms. The Morgan fingerprint density at radius 3 is 2.19 bits per heavy atom. The number of benzene rings is 2. The summed E-state index contributed by atoms with van der Waals surface area (Å²) in [5, 5.41) is 2.85. The van der Waals surface area contributed by atoms with Gasteiger partial charge in [-0.2, -0.15) is 4.31 Å². The van der Waals surface area contributed by atoms with Gasteiger partial charge in [-0.25, -0.2) is 8.42 Å². The molecular weight excluding hydrogens is 463 g/mol. The van der Waals surface area contributed by atoms with E-state index in [0.29, 0.717) is 24.3 Å². The molecule has 26 heavy (non-hydrogen) atoms. The lowest BCUT2D eigenvalue weighted by Gasteiger charge is -2.20. The Balaban J connectivity index is 2.42. The van der Waals surface area contributed by atoms with Gasteiger partial charge in [-0.15, -0.1) is 0 Å². The number of aryl methyl sites for hydroxylation is 1. The number of nitrogens with one attached hydrogen (secondary N) is 1. The quantitative estimate of drug-likeness (QED) is 0.623. The number of carbonyl (C=O) groups is 1. The number of hydrogen-bond donors (Lipinski definition) is 1. The highest BCUT2D eigenvalue weighted by Gasteiger charge is 2.23. The number of carbonyl (C=O) groups excluding carboxylic acids is 1. The number of rotatable bonds is 6. The van der Waals surface area contributed by atoms with Gasteiger partial charge in [-0.05, 0) is 84.0 Å². The molecule has 2 aromatic carbocycles. The van der Waals surface area contributed by atoms with Crippen molar-refractivity contribution >= 4 is 44.2 Å². The molecular formula is C19H23IN2O3S. The summed E-state index contributed by atoms with van der Waals surface area (Å²) >= 11 is 2.18. The van der Waals surface area contributed by atoms with Crippen LogP contribution in [0, 0.1) is 17.4 Å². The highest BCUT2D eigenvalue weighted by molar-refractivity contribution is 14.1. The molecule has 0 fully saturated rings. The van der Waals surface area contributed by atoms with Crippen LogP contribution in [0.2, 0.25) is 0 Å². The molecule has 0 aliphatic carbocycles. The second kappa shape index (κ2) is 8.49. The standard InChI is InChI=1S/C19H23IN2O3S/c1-5-22(6-2)26(24,25)17-11-13(3)14(4)18(12-17)21-19(23)15-7-9-16(20)10-8-15/h7-12H,5-6H2,1-4H3,(H,21,23). The van der Waals surface area contributed by atoms with Crippen LogP contribution in [0.3, 0.4) is 0 Å². The number of nitrogens with zero attached hydrogens (tertiary/aromatic N) is 1. The first-order valence-corrected chi connectivity index (χ1v) is 10.9. The highest BCUT2D eigenvalue weighted by atomic mass is 127. The minimum absolute atomic E-state index is 0.196. The Labute approximate surface area is 169 Å². The highest BCUT2D eigenvalue weighted by Crippen LogP contribution is 2.26. The first kappa shape index (κ1) is 20.9. The largest absolute Gasteiger partial charge is 0.322 e. The van der Waals surface area contributed by atoms with E-state index in [-0.39, 0.29) is 10.8 Å². The van der Waals surface area contributed by atoms with Crippen LogP contribution >= 0.6 is 22.6 Å². The number of amides is 1. The van der Waals surface area contributed by atoms with E-state index in [1.54, 1.807) is 24.3 Å². The average Bonchev–Trinajstić information content (AvgIpc) is 2.60. The van der Waals surface area contributed by atoms with Gasteiger partial charge < -0.3 is 5.32 Å². The Bertz CT molecular complexity index is 905. The van der Waals surface area contributed by atoms with Gasteiger partial charge >= 0.3 is 0 Å². The van der Waals surface area contributed by atoms with Crippen molar-refractivity contribution in [2.75, 3.05) is 18.4 Å². The van der Waals surface area contributed by atoms with Crippen LogP contribution in [0.4, 0.5) is 5.69 Å². The molecule has 0 aliphatic rings. The van der Waals surface area contributed by atoms with E-state index < -0.39 is 10.0 Å². The lowest BCUT2D eigenvalue weighted by molar-refractivity contribution is 0.102. The molecule has 0 bridgehead atoms. The first-order chi connectivity index (χ1) is 12.2. The van der Waals surface area contributed by atoms with Crippen molar-refractivity contribution in [3.63, 3.8) is 0 Å². The number of sulfonamides is 1. The van der Waals surface area contributed by atoms with Crippen LogP contribution in [-0.4, -0.2) is 31.7 Å². The van der Waals surface area contributed by atoms with Crippen molar-refractivity contribution in [2.24, 2.45) is 0 Å². The van der Waals surface area contributed by atoms with Crippen LogP contribution < -0.4 is 5.32 Å². The van der Waals surface area contributed by atoms with Crippen molar-refractivity contribution in [1.82, 2.24) is 4.31 Å². The van der Waals surface area contributed by atoms with E-state index in [1.807, 2.05) is 39.8 Å². The second-order valence-corrected chi connectivity index (χ2v) is 9.15. The van der Waals surface area contributed by atoms with Crippen molar-refractivity contribution < 1.29 is 13.2 Å². The molecule has 0 atom stereocenters. The maximum Gasteiger partial charge on any atom is 0.255 e. The fraction of sp³-hybridized carbons (Fsp3) is 0.316. The molecule has 0 saturated carbocycles. The summed E-state index contributed by atoms with van der Waals surface area (Å²) < 4.78 is 28.1. The van der Waals surface area contributed by atoms with E-state index >= 15 is 0 Å². The van der Waals surface area contributed by atoms with Crippen molar-refractivity contribution in [2.45, 2.75) is 32.6 Å². The molecule has 0 heterocycles. The monoisotopic (exact) mass is 486 g/mol. The predicted octanol–water partition coefficient (Wildman–Crippen LogP) is 4.19. The maximum atomic E-state index is 12.8. The third-order valence-electron chi connectivity index (χ3n) is 4.34. The first-order valence-electron chi connectivity index (χ1n) is 8.39. The van der Waals surface area contributed by atoms with Crippen molar-refractivity contribution in [1.29, 1.82) is 0 Å². The molecule has 0 aliphatic heterocycles. The van der Waals surface area contributed by atoms with E-state index in [4.69, 9.17) is 0 Å². The third kappa shape index (κ3) is 4.44. The summed E-state index contributed by atoms with van der Waals surface area (Å²) in [7, 11) is -3.59. The predicted molar refractivity (Wildman–Crippen MR) is 113 cm³/mol. The summed E-state index contributed by atoms with van der Waals surface area (Å²) in [5.41, 5.74) is 2.71. The summed E-state index contributed by atoms with van der Waals surface area (Å²) in [5.74, 6) is -0.263. The summed E-state index contributed by atoms with van der Waals surface area (Å²) in [4.78, 5) is 12.7. The SMILES string of the molecule is CCN(CC)S(=O)(=O)c1cc(C)c(C)c(NC(=O)c2ccc(I)cc2)c1. The molecule has 1 amide bonds. The van der Waals surface area contributed by atoms with E-state index in [1.165, 1.54) is 4.31 Å². The zero-order chi connectivity index (χ0) is 19.5. The fourth-order valence-corrected chi connectivity index (χ4v) is 4.54. The Hall–Kier alpha value is -1.45. The van der Waals surface area contributed by atoms with E-state index in [9.17, 15) is 13.2 Å². The molecule has 7 heteroatoms. The summed E-state index contributed by atoms with van der Waals surface area (Å²) in [6.45, 7) is 8.12. The van der Waals surface area contributed by atoms with E-state index in [0.717, 1.165) is 14.7 Å². The fourth-order valence-electron chi connectivity index (χ4n) is 2.61. The average molecular weight is 486 g/mol. The minimum Gasteiger partial charge on any atom is -0.322 e. The molecule has 2 aromatic rings.